The highest BCUT2D eigenvalue weighted by Crippen LogP contribution is 2.41. The highest BCUT2D eigenvalue weighted by molar-refractivity contribution is 6.32. The number of cyclic esters (lactones) is 1. The molecule has 3 rings (SSSR count). The minimum absolute atomic E-state index is 0.123. The predicted octanol–water partition coefficient (Wildman–Crippen LogP) is 6.02. The molecule has 0 radical (unpaired) electrons. The molecule has 0 spiro atoms. The first kappa shape index (κ1) is 24.6. The number of benzene rings is 2. The standard InChI is InChI=1S/C26H30ClNO5/c1-15(2)28-24-18(25(31-5)17(4)19-14-32-26(30)23(19)24)12-10-16(3)11-13-22(29)33-21-9-7-6-8-20(21)27/h6-10,15,28H,11-14H2,1-5H3. The van der Waals surface area contributed by atoms with Crippen molar-refractivity contribution in [3.8, 4) is 11.5 Å². The van der Waals surface area contributed by atoms with Gasteiger partial charge in [0.05, 0.1) is 23.4 Å². The number of methoxy groups -OCH3 is 1. The van der Waals surface area contributed by atoms with E-state index in [0.29, 0.717) is 29.2 Å². The highest BCUT2D eigenvalue weighted by Gasteiger charge is 2.32. The number of halogens is 1. The number of anilines is 1. The molecule has 6 nitrogen and oxygen atoms in total. The van der Waals surface area contributed by atoms with Crippen LogP contribution in [0.2, 0.25) is 5.02 Å². The van der Waals surface area contributed by atoms with Crippen molar-refractivity contribution in [1.29, 1.82) is 0 Å². The molecule has 176 valence electrons. The summed E-state index contributed by atoms with van der Waals surface area (Å²) < 4.78 is 16.4. The lowest BCUT2D eigenvalue weighted by atomic mass is 9.93. The number of allylic oxidation sites excluding steroid dienone is 2. The topological polar surface area (TPSA) is 73.9 Å². The fourth-order valence-electron chi connectivity index (χ4n) is 3.88. The van der Waals surface area contributed by atoms with Crippen LogP contribution in [0.3, 0.4) is 0 Å². The molecule has 0 saturated heterocycles. The maximum atomic E-state index is 12.5. The van der Waals surface area contributed by atoms with Gasteiger partial charge in [-0.1, -0.05) is 35.4 Å². The zero-order valence-corrected chi connectivity index (χ0v) is 20.5. The Morgan fingerprint density at radius 2 is 2.00 bits per heavy atom. The fraction of sp³-hybridized carbons (Fsp3) is 0.385. The molecule has 0 saturated carbocycles. The van der Waals surface area contributed by atoms with Crippen LogP contribution in [0.25, 0.3) is 0 Å². The summed E-state index contributed by atoms with van der Waals surface area (Å²) >= 11 is 6.05. The number of nitrogens with one attached hydrogen (secondary N) is 1. The minimum Gasteiger partial charge on any atom is -0.496 e. The van der Waals surface area contributed by atoms with Crippen LogP contribution in [0, 0.1) is 6.92 Å². The molecule has 7 heteroatoms. The summed E-state index contributed by atoms with van der Waals surface area (Å²) in [6.45, 7) is 8.22. The van der Waals surface area contributed by atoms with Gasteiger partial charge in [0, 0.05) is 23.6 Å². The van der Waals surface area contributed by atoms with Crippen molar-refractivity contribution >= 4 is 29.2 Å². The predicted molar refractivity (Wildman–Crippen MR) is 129 cm³/mol. The number of para-hydroxylation sites is 1. The first-order chi connectivity index (χ1) is 15.7. The van der Waals surface area contributed by atoms with Crippen molar-refractivity contribution < 1.29 is 23.8 Å². The summed E-state index contributed by atoms with van der Waals surface area (Å²) in [5.41, 5.74) is 5.06. The summed E-state index contributed by atoms with van der Waals surface area (Å²) in [6.07, 6.45) is 3.38. The van der Waals surface area contributed by atoms with Crippen LogP contribution in [0.5, 0.6) is 11.5 Å². The zero-order chi connectivity index (χ0) is 24.1. The SMILES string of the molecule is COc1c(C)c2c(c(NC(C)C)c1CC=C(C)CCC(=O)Oc1ccccc1Cl)C(=O)OC2. The number of carbonyl (C=O) groups excluding carboxylic acids is 2. The van der Waals surface area contributed by atoms with Gasteiger partial charge in [0.25, 0.3) is 0 Å². The minimum atomic E-state index is -0.341. The van der Waals surface area contributed by atoms with E-state index in [2.05, 4.69) is 11.4 Å². The van der Waals surface area contributed by atoms with Gasteiger partial charge in [-0.2, -0.15) is 0 Å². The van der Waals surface area contributed by atoms with E-state index in [9.17, 15) is 9.59 Å². The molecule has 0 atom stereocenters. The molecule has 1 heterocycles. The lowest BCUT2D eigenvalue weighted by molar-refractivity contribution is -0.134. The first-order valence-corrected chi connectivity index (χ1v) is 11.4. The second-order valence-corrected chi connectivity index (χ2v) is 8.81. The van der Waals surface area contributed by atoms with Crippen molar-refractivity contribution in [2.45, 2.75) is 59.6 Å². The van der Waals surface area contributed by atoms with Crippen LogP contribution in [0.1, 0.15) is 60.7 Å². The molecular formula is C26H30ClNO5. The Morgan fingerprint density at radius 3 is 2.67 bits per heavy atom. The average Bonchev–Trinajstić information content (AvgIpc) is 3.16. The lowest BCUT2D eigenvalue weighted by Crippen LogP contribution is -2.16. The molecule has 0 aromatic heterocycles. The summed E-state index contributed by atoms with van der Waals surface area (Å²) in [6, 6.07) is 7.02. The Kier molecular flexibility index (Phi) is 8.03. The molecule has 2 aromatic carbocycles. The molecule has 1 aliphatic rings. The molecule has 2 aromatic rings. The van der Waals surface area contributed by atoms with Crippen molar-refractivity contribution in [3.63, 3.8) is 0 Å². The number of carbonyl (C=O) groups is 2. The van der Waals surface area contributed by atoms with Gasteiger partial charge in [0.15, 0.2) is 0 Å². The van der Waals surface area contributed by atoms with E-state index in [4.69, 9.17) is 25.8 Å². The van der Waals surface area contributed by atoms with Crippen molar-refractivity contribution in [3.05, 3.63) is 63.2 Å². The molecule has 1 N–H and O–H groups in total. The molecule has 33 heavy (non-hydrogen) atoms. The number of fused-ring (bicyclic) bond motifs is 1. The Hall–Kier alpha value is -2.99. The molecule has 0 unspecified atom stereocenters. The molecule has 0 aliphatic carbocycles. The zero-order valence-electron chi connectivity index (χ0n) is 19.7. The van der Waals surface area contributed by atoms with Crippen LogP contribution in [0.4, 0.5) is 5.69 Å². The van der Waals surface area contributed by atoms with Gasteiger partial charge in [-0.25, -0.2) is 4.79 Å². The quantitative estimate of drug-likeness (QED) is 0.274. The van der Waals surface area contributed by atoms with Crippen LogP contribution in [-0.2, 0) is 22.6 Å². The Balaban J connectivity index is 1.78. The lowest BCUT2D eigenvalue weighted by Gasteiger charge is -2.22. The normalized spacial score (nSPS) is 13.1. The van der Waals surface area contributed by atoms with Gasteiger partial charge in [-0.15, -0.1) is 0 Å². The van der Waals surface area contributed by atoms with Gasteiger partial charge < -0.3 is 19.5 Å². The van der Waals surface area contributed by atoms with Gasteiger partial charge in [0.1, 0.15) is 18.1 Å². The monoisotopic (exact) mass is 471 g/mol. The van der Waals surface area contributed by atoms with Crippen molar-refractivity contribution in [1.82, 2.24) is 0 Å². The number of rotatable bonds is 9. The van der Waals surface area contributed by atoms with E-state index in [0.717, 1.165) is 33.7 Å². The third kappa shape index (κ3) is 5.69. The number of esters is 2. The van der Waals surface area contributed by atoms with Gasteiger partial charge in [-0.05, 0) is 58.2 Å². The largest absolute Gasteiger partial charge is 0.496 e. The van der Waals surface area contributed by atoms with Crippen molar-refractivity contribution in [2.24, 2.45) is 0 Å². The van der Waals surface area contributed by atoms with Gasteiger partial charge >= 0.3 is 11.9 Å². The summed E-state index contributed by atoms with van der Waals surface area (Å²) in [5, 5.41) is 3.82. The second-order valence-electron chi connectivity index (χ2n) is 8.40. The van der Waals surface area contributed by atoms with Crippen molar-refractivity contribution in [2.75, 3.05) is 12.4 Å². The van der Waals surface area contributed by atoms with E-state index in [1.54, 1.807) is 31.4 Å². The van der Waals surface area contributed by atoms with Crippen LogP contribution in [0.15, 0.2) is 35.9 Å². The molecule has 1 aliphatic heterocycles. The molecule has 0 fully saturated rings. The van der Waals surface area contributed by atoms with E-state index >= 15 is 0 Å². The Labute approximate surface area is 199 Å². The molecule has 0 bridgehead atoms. The van der Waals surface area contributed by atoms with Crippen LogP contribution < -0.4 is 14.8 Å². The number of hydrogen-bond donors (Lipinski definition) is 1. The van der Waals surface area contributed by atoms with E-state index in [1.165, 1.54) is 0 Å². The maximum Gasteiger partial charge on any atom is 0.341 e. The maximum absolute atomic E-state index is 12.5. The van der Waals surface area contributed by atoms with Crippen LogP contribution in [-0.4, -0.2) is 25.1 Å². The summed E-state index contributed by atoms with van der Waals surface area (Å²) in [7, 11) is 1.64. The summed E-state index contributed by atoms with van der Waals surface area (Å²) in [5.74, 6) is 0.452. The highest BCUT2D eigenvalue weighted by atomic mass is 35.5. The number of hydrogen-bond acceptors (Lipinski definition) is 6. The number of ether oxygens (including phenoxy) is 3. The average molecular weight is 472 g/mol. The van der Waals surface area contributed by atoms with E-state index in [1.807, 2.05) is 27.7 Å². The first-order valence-electron chi connectivity index (χ1n) is 11.0. The molecular weight excluding hydrogens is 442 g/mol. The van der Waals surface area contributed by atoms with Crippen LogP contribution >= 0.6 is 11.6 Å². The third-order valence-corrected chi connectivity index (χ3v) is 5.86. The fourth-order valence-corrected chi connectivity index (χ4v) is 4.05. The Bertz CT molecular complexity index is 1090. The Morgan fingerprint density at radius 1 is 1.27 bits per heavy atom. The third-order valence-electron chi connectivity index (χ3n) is 5.55. The van der Waals surface area contributed by atoms with Gasteiger partial charge in [-0.3, -0.25) is 4.79 Å². The van der Waals surface area contributed by atoms with Gasteiger partial charge in [0.2, 0.25) is 0 Å². The van der Waals surface area contributed by atoms with E-state index in [-0.39, 0.29) is 31.0 Å². The van der Waals surface area contributed by atoms with E-state index < -0.39 is 0 Å². The second kappa shape index (κ2) is 10.8. The smallest absolute Gasteiger partial charge is 0.341 e. The molecule has 0 amide bonds. The summed E-state index contributed by atoms with van der Waals surface area (Å²) in [4.78, 5) is 24.7.